The fraction of sp³-hybridized carbons (Fsp3) is 0.333. The van der Waals surface area contributed by atoms with Crippen LogP contribution in [0.5, 0.6) is 5.75 Å². The van der Waals surface area contributed by atoms with Crippen LogP contribution in [0.25, 0.3) is 0 Å². The fourth-order valence-electron chi connectivity index (χ4n) is 1.30. The average molecular weight is 283 g/mol. The van der Waals surface area contributed by atoms with Gasteiger partial charge in [0, 0.05) is 5.56 Å². The van der Waals surface area contributed by atoms with Crippen molar-refractivity contribution in [2.75, 3.05) is 27.2 Å². The summed E-state index contributed by atoms with van der Waals surface area (Å²) in [5, 5.41) is 12.6. The lowest BCUT2D eigenvalue weighted by atomic mass is 10.2. The van der Waals surface area contributed by atoms with Crippen LogP contribution in [0.1, 0.15) is 10.4 Å². The van der Waals surface area contributed by atoms with Gasteiger partial charge in [0.25, 0.3) is 5.91 Å². The molecule has 19 heavy (non-hydrogen) atoms. The van der Waals surface area contributed by atoms with Crippen LogP contribution in [0.4, 0.5) is 0 Å². The minimum atomic E-state index is -0.363. The summed E-state index contributed by atoms with van der Waals surface area (Å²) in [6, 6.07) is 6.08. The van der Waals surface area contributed by atoms with Gasteiger partial charge in [-0.05, 0) is 30.4 Å². The molecule has 7 heteroatoms. The topological polar surface area (TPSA) is 77.8 Å². The maximum atomic E-state index is 11.7. The van der Waals surface area contributed by atoms with Gasteiger partial charge in [0.1, 0.15) is 5.75 Å². The number of nitrogens with one attached hydrogen (secondary N) is 4. The standard InChI is InChI=1S/C12H18N4O2S/c1-16(2)7-6-13-12(19)15-14-11(18)9-4-3-5-10(17)8-9/h3-5,8,17H,6-7H2,1-2H3,(H,14,18)(H2,13,15,19)/p+1. The zero-order chi connectivity index (χ0) is 14.3. The molecule has 0 heterocycles. The molecule has 0 saturated carbocycles. The molecule has 1 aromatic carbocycles. The second-order valence-electron chi connectivity index (χ2n) is 4.34. The van der Waals surface area contributed by atoms with Crippen LogP contribution in [0, 0.1) is 0 Å². The molecule has 1 amide bonds. The van der Waals surface area contributed by atoms with E-state index in [4.69, 9.17) is 12.2 Å². The molecule has 0 atom stereocenters. The highest BCUT2D eigenvalue weighted by molar-refractivity contribution is 7.80. The third-order valence-electron chi connectivity index (χ3n) is 2.31. The maximum Gasteiger partial charge on any atom is 0.269 e. The minimum Gasteiger partial charge on any atom is -0.508 e. The number of phenolic OH excluding ortho intramolecular Hbond substituents is 1. The number of likely N-dealkylation sites (N-methyl/N-ethyl adjacent to an activating group) is 1. The minimum absolute atomic E-state index is 0.0438. The second kappa shape index (κ2) is 7.55. The van der Waals surface area contributed by atoms with Gasteiger partial charge in [-0.3, -0.25) is 15.6 Å². The van der Waals surface area contributed by atoms with Crippen molar-refractivity contribution in [1.82, 2.24) is 16.2 Å². The number of phenols is 1. The van der Waals surface area contributed by atoms with E-state index in [0.29, 0.717) is 10.7 Å². The number of carbonyl (C=O) groups is 1. The van der Waals surface area contributed by atoms with Crippen LogP contribution in [0.15, 0.2) is 24.3 Å². The van der Waals surface area contributed by atoms with E-state index >= 15 is 0 Å². The molecule has 0 fully saturated rings. The lowest BCUT2D eigenvalue weighted by molar-refractivity contribution is -0.856. The van der Waals surface area contributed by atoms with E-state index < -0.39 is 0 Å². The van der Waals surface area contributed by atoms with E-state index in [2.05, 4.69) is 16.2 Å². The average Bonchev–Trinajstić information content (AvgIpc) is 2.35. The zero-order valence-corrected chi connectivity index (χ0v) is 11.8. The Balaban J connectivity index is 2.32. The first-order valence-corrected chi connectivity index (χ1v) is 6.32. The third-order valence-corrected chi connectivity index (χ3v) is 2.55. The molecule has 0 bridgehead atoms. The summed E-state index contributed by atoms with van der Waals surface area (Å²) in [5.74, 6) is -0.319. The van der Waals surface area contributed by atoms with Gasteiger partial charge in [0.15, 0.2) is 5.11 Å². The summed E-state index contributed by atoms with van der Waals surface area (Å²) in [7, 11) is 4.09. The Morgan fingerprint density at radius 1 is 1.37 bits per heavy atom. The van der Waals surface area contributed by atoms with Crippen molar-refractivity contribution in [1.29, 1.82) is 0 Å². The first-order valence-electron chi connectivity index (χ1n) is 5.91. The molecule has 0 aliphatic heterocycles. The maximum absolute atomic E-state index is 11.7. The van der Waals surface area contributed by atoms with Gasteiger partial charge in [-0.25, -0.2) is 0 Å². The predicted octanol–water partition coefficient (Wildman–Crippen LogP) is -1.35. The summed E-state index contributed by atoms with van der Waals surface area (Å²) in [6.45, 7) is 1.64. The van der Waals surface area contributed by atoms with Crippen molar-refractivity contribution in [3.8, 4) is 5.75 Å². The van der Waals surface area contributed by atoms with Crippen LogP contribution in [0.2, 0.25) is 0 Å². The number of carbonyl (C=O) groups excluding carboxylic acids is 1. The van der Waals surface area contributed by atoms with E-state index in [0.717, 1.165) is 13.1 Å². The number of hydrazine groups is 1. The quantitative estimate of drug-likeness (QED) is 0.349. The van der Waals surface area contributed by atoms with Crippen molar-refractivity contribution in [3.63, 3.8) is 0 Å². The van der Waals surface area contributed by atoms with Crippen LogP contribution in [-0.2, 0) is 0 Å². The third kappa shape index (κ3) is 6.03. The lowest BCUT2D eigenvalue weighted by Gasteiger charge is -2.12. The number of amides is 1. The lowest BCUT2D eigenvalue weighted by Crippen LogP contribution is -3.06. The van der Waals surface area contributed by atoms with Crippen molar-refractivity contribution in [2.24, 2.45) is 0 Å². The van der Waals surface area contributed by atoms with Gasteiger partial charge >= 0.3 is 0 Å². The highest BCUT2D eigenvalue weighted by Crippen LogP contribution is 2.10. The monoisotopic (exact) mass is 283 g/mol. The SMILES string of the molecule is C[NH+](C)CCNC(=S)NNC(=O)c1cccc(O)c1. The summed E-state index contributed by atoms with van der Waals surface area (Å²) in [5.41, 5.74) is 5.41. The van der Waals surface area contributed by atoms with Gasteiger partial charge in [-0.15, -0.1) is 0 Å². The number of hydrogen-bond donors (Lipinski definition) is 5. The van der Waals surface area contributed by atoms with E-state index in [9.17, 15) is 9.90 Å². The van der Waals surface area contributed by atoms with E-state index in [1.54, 1.807) is 12.1 Å². The van der Waals surface area contributed by atoms with E-state index in [1.165, 1.54) is 17.0 Å². The summed E-state index contributed by atoms with van der Waals surface area (Å²) < 4.78 is 0. The van der Waals surface area contributed by atoms with Gasteiger partial charge in [0.05, 0.1) is 27.2 Å². The Bertz CT molecular complexity index is 451. The number of aromatic hydroxyl groups is 1. The second-order valence-corrected chi connectivity index (χ2v) is 4.75. The molecule has 0 unspecified atom stereocenters. The number of thiocarbonyl (C=S) groups is 1. The number of hydrogen-bond acceptors (Lipinski definition) is 3. The molecule has 0 radical (unpaired) electrons. The largest absolute Gasteiger partial charge is 0.508 e. The van der Waals surface area contributed by atoms with Crippen LogP contribution in [-0.4, -0.2) is 43.3 Å². The molecular weight excluding hydrogens is 264 g/mol. The Labute approximate surface area is 117 Å². The first-order chi connectivity index (χ1) is 8.99. The van der Waals surface area contributed by atoms with Gasteiger partial charge in [-0.2, -0.15) is 0 Å². The Morgan fingerprint density at radius 2 is 2.11 bits per heavy atom. The van der Waals surface area contributed by atoms with Crippen LogP contribution in [0.3, 0.4) is 0 Å². The van der Waals surface area contributed by atoms with E-state index in [1.807, 2.05) is 14.1 Å². The summed E-state index contributed by atoms with van der Waals surface area (Å²) in [4.78, 5) is 13.0. The summed E-state index contributed by atoms with van der Waals surface area (Å²) in [6.07, 6.45) is 0. The number of quaternary nitrogens is 1. The summed E-state index contributed by atoms with van der Waals surface area (Å²) >= 11 is 5.00. The van der Waals surface area contributed by atoms with Crippen LogP contribution >= 0.6 is 12.2 Å². The Morgan fingerprint density at radius 3 is 2.74 bits per heavy atom. The van der Waals surface area contributed by atoms with Gasteiger partial charge in [-0.1, -0.05) is 6.07 Å². The molecule has 0 aromatic heterocycles. The molecular formula is C12H19N4O2S+. The molecule has 1 rings (SSSR count). The normalized spacial score (nSPS) is 10.1. The smallest absolute Gasteiger partial charge is 0.269 e. The van der Waals surface area contributed by atoms with Crippen molar-refractivity contribution >= 4 is 23.2 Å². The molecule has 1 aromatic rings. The number of benzene rings is 1. The van der Waals surface area contributed by atoms with Gasteiger partial charge in [0.2, 0.25) is 0 Å². The van der Waals surface area contributed by atoms with Gasteiger partial charge < -0.3 is 15.3 Å². The molecule has 104 valence electrons. The molecule has 0 spiro atoms. The molecule has 5 N–H and O–H groups in total. The predicted molar refractivity (Wildman–Crippen MR) is 77.0 cm³/mol. The number of rotatable bonds is 4. The van der Waals surface area contributed by atoms with Crippen molar-refractivity contribution < 1.29 is 14.8 Å². The Hall–Kier alpha value is -1.86. The Kier molecular flexibility index (Phi) is 6.04. The molecule has 0 saturated heterocycles. The zero-order valence-electron chi connectivity index (χ0n) is 11.0. The highest BCUT2D eigenvalue weighted by atomic mass is 32.1. The first kappa shape index (κ1) is 15.2. The van der Waals surface area contributed by atoms with Crippen molar-refractivity contribution in [3.05, 3.63) is 29.8 Å². The highest BCUT2D eigenvalue weighted by Gasteiger charge is 2.06. The van der Waals surface area contributed by atoms with E-state index in [-0.39, 0.29) is 11.7 Å². The van der Waals surface area contributed by atoms with Crippen molar-refractivity contribution in [2.45, 2.75) is 0 Å². The fourth-order valence-corrected chi connectivity index (χ4v) is 1.46. The molecule has 0 aliphatic carbocycles. The van der Waals surface area contributed by atoms with Crippen LogP contribution < -0.4 is 21.1 Å². The molecule has 6 nitrogen and oxygen atoms in total. The molecule has 0 aliphatic rings.